The number of Topliss-reactive ketones (excluding diaryl/α,β-unsaturated/α-hetero) is 1. The Hall–Kier alpha value is -2.10. The molecule has 0 fully saturated rings. The van der Waals surface area contributed by atoms with E-state index < -0.39 is 0 Å². The Morgan fingerprint density at radius 3 is 2.75 bits per heavy atom. The van der Waals surface area contributed by atoms with Crippen molar-refractivity contribution in [3.8, 4) is 0 Å². The number of esters is 1. The van der Waals surface area contributed by atoms with Crippen LogP contribution in [0.5, 0.6) is 0 Å². The third-order valence-electron chi connectivity index (χ3n) is 4.03. The third-order valence-corrected chi connectivity index (χ3v) is 4.03. The van der Waals surface area contributed by atoms with Crippen LogP contribution < -0.4 is 0 Å². The van der Waals surface area contributed by atoms with Crippen molar-refractivity contribution in [2.75, 3.05) is 7.11 Å². The topological polar surface area (TPSA) is 59.2 Å². The van der Waals surface area contributed by atoms with E-state index in [0.717, 1.165) is 41.3 Å². The maximum absolute atomic E-state index is 12.2. The maximum atomic E-state index is 12.2. The number of fused-ring (bicyclic) bond motifs is 3. The number of aromatic nitrogens is 1. The van der Waals surface area contributed by atoms with E-state index in [0.29, 0.717) is 17.7 Å². The highest BCUT2D eigenvalue weighted by atomic mass is 16.5. The standard InChI is InChI=1S/C16H17NO3/c1-9-7-8-11(16(19)20-2)13-10-5-3-4-6-12(18)15(10)17-14(9)13/h7-8,17H,3-6H2,1-2H3. The quantitative estimate of drug-likeness (QED) is 0.640. The summed E-state index contributed by atoms with van der Waals surface area (Å²) in [5.74, 6) is -0.211. The van der Waals surface area contributed by atoms with Gasteiger partial charge < -0.3 is 9.72 Å². The first-order valence-electron chi connectivity index (χ1n) is 6.89. The van der Waals surface area contributed by atoms with E-state index in [9.17, 15) is 9.59 Å². The van der Waals surface area contributed by atoms with Crippen LogP contribution in [-0.4, -0.2) is 23.8 Å². The summed E-state index contributed by atoms with van der Waals surface area (Å²) >= 11 is 0. The summed E-state index contributed by atoms with van der Waals surface area (Å²) < 4.78 is 4.86. The average Bonchev–Trinajstić information content (AvgIpc) is 2.74. The van der Waals surface area contributed by atoms with E-state index in [4.69, 9.17) is 4.74 Å². The zero-order valence-corrected chi connectivity index (χ0v) is 11.7. The zero-order valence-electron chi connectivity index (χ0n) is 11.7. The number of benzene rings is 1. The molecule has 0 atom stereocenters. The largest absolute Gasteiger partial charge is 0.465 e. The number of hydrogen-bond donors (Lipinski definition) is 1. The molecule has 0 saturated carbocycles. The van der Waals surface area contributed by atoms with Gasteiger partial charge in [0.15, 0.2) is 5.78 Å². The van der Waals surface area contributed by atoms with Gasteiger partial charge in [0.25, 0.3) is 0 Å². The van der Waals surface area contributed by atoms with E-state index in [1.807, 2.05) is 13.0 Å². The lowest BCUT2D eigenvalue weighted by molar-refractivity contribution is 0.0602. The van der Waals surface area contributed by atoms with Gasteiger partial charge in [-0.25, -0.2) is 4.79 Å². The van der Waals surface area contributed by atoms with Gasteiger partial charge in [-0.2, -0.15) is 0 Å². The molecule has 1 heterocycles. The highest BCUT2D eigenvalue weighted by Gasteiger charge is 2.24. The Kier molecular flexibility index (Phi) is 3.08. The number of rotatable bonds is 1. The zero-order chi connectivity index (χ0) is 14.3. The molecular weight excluding hydrogens is 254 g/mol. The van der Waals surface area contributed by atoms with Gasteiger partial charge in [-0.3, -0.25) is 4.79 Å². The molecule has 4 heteroatoms. The van der Waals surface area contributed by atoms with Gasteiger partial charge in [0, 0.05) is 11.8 Å². The van der Waals surface area contributed by atoms with Crippen molar-refractivity contribution < 1.29 is 14.3 Å². The molecule has 1 aliphatic carbocycles. The molecule has 4 nitrogen and oxygen atoms in total. The molecule has 1 aromatic carbocycles. The molecule has 1 N–H and O–H groups in total. The lowest BCUT2D eigenvalue weighted by Gasteiger charge is -2.06. The van der Waals surface area contributed by atoms with E-state index in [1.165, 1.54) is 7.11 Å². The number of nitrogens with one attached hydrogen (secondary N) is 1. The summed E-state index contributed by atoms with van der Waals surface area (Å²) in [5.41, 5.74) is 4.12. The summed E-state index contributed by atoms with van der Waals surface area (Å²) in [6.45, 7) is 1.98. The van der Waals surface area contributed by atoms with Crippen LogP contribution in [0.1, 0.15) is 51.2 Å². The Morgan fingerprint density at radius 1 is 1.25 bits per heavy atom. The van der Waals surface area contributed by atoms with Crippen molar-refractivity contribution in [2.45, 2.75) is 32.6 Å². The molecule has 0 amide bonds. The van der Waals surface area contributed by atoms with Crippen LogP contribution in [-0.2, 0) is 11.2 Å². The molecule has 104 valence electrons. The molecule has 1 aliphatic rings. The number of methoxy groups -OCH3 is 1. The molecule has 0 aliphatic heterocycles. The Labute approximate surface area is 117 Å². The SMILES string of the molecule is COC(=O)c1ccc(C)c2[nH]c3c(c12)CCCCC3=O. The van der Waals surface area contributed by atoms with E-state index in [2.05, 4.69) is 4.98 Å². The molecule has 1 aromatic heterocycles. The van der Waals surface area contributed by atoms with Gasteiger partial charge in [0.1, 0.15) is 0 Å². The van der Waals surface area contributed by atoms with Crippen molar-refractivity contribution in [3.05, 3.63) is 34.5 Å². The van der Waals surface area contributed by atoms with Crippen molar-refractivity contribution in [1.82, 2.24) is 4.98 Å². The molecule has 0 radical (unpaired) electrons. The van der Waals surface area contributed by atoms with Gasteiger partial charge in [-0.1, -0.05) is 6.07 Å². The predicted molar refractivity (Wildman–Crippen MR) is 76.3 cm³/mol. The van der Waals surface area contributed by atoms with Crippen LogP contribution in [0.4, 0.5) is 0 Å². The molecular formula is C16H17NO3. The highest BCUT2D eigenvalue weighted by Crippen LogP contribution is 2.32. The summed E-state index contributed by atoms with van der Waals surface area (Å²) in [6.07, 6.45) is 3.28. The van der Waals surface area contributed by atoms with E-state index in [1.54, 1.807) is 6.07 Å². The third kappa shape index (κ3) is 1.83. The summed E-state index contributed by atoms with van der Waals surface area (Å²) in [6, 6.07) is 3.67. The van der Waals surface area contributed by atoms with E-state index in [-0.39, 0.29) is 11.8 Å². The first-order valence-corrected chi connectivity index (χ1v) is 6.89. The van der Waals surface area contributed by atoms with Crippen molar-refractivity contribution in [3.63, 3.8) is 0 Å². The number of ketones is 1. The summed E-state index contributed by atoms with van der Waals surface area (Å²) in [7, 11) is 1.38. The van der Waals surface area contributed by atoms with Gasteiger partial charge in [0.2, 0.25) is 0 Å². The van der Waals surface area contributed by atoms with Crippen molar-refractivity contribution in [2.24, 2.45) is 0 Å². The second kappa shape index (κ2) is 4.78. The monoisotopic (exact) mass is 271 g/mol. The fourth-order valence-corrected chi connectivity index (χ4v) is 2.99. The van der Waals surface area contributed by atoms with Crippen molar-refractivity contribution in [1.29, 1.82) is 0 Å². The smallest absolute Gasteiger partial charge is 0.338 e. The lowest BCUT2D eigenvalue weighted by Crippen LogP contribution is -2.03. The van der Waals surface area contributed by atoms with Crippen LogP contribution >= 0.6 is 0 Å². The van der Waals surface area contributed by atoms with E-state index >= 15 is 0 Å². The number of aromatic amines is 1. The normalized spacial score (nSPS) is 15.0. The first-order chi connectivity index (χ1) is 9.63. The Bertz CT molecular complexity index is 712. The summed E-state index contributed by atoms with van der Waals surface area (Å²) in [4.78, 5) is 27.4. The molecule has 3 rings (SSSR count). The van der Waals surface area contributed by atoms with Crippen LogP contribution in [0.25, 0.3) is 10.9 Å². The minimum atomic E-state index is -0.353. The minimum absolute atomic E-state index is 0.143. The highest BCUT2D eigenvalue weighted by molar-refractivity contribution is 6.10. The number of hydrogen-bond acceptors (Lipinski definition) is 3. The second-order valence-corrected chi connectivity index (χ2v) is 5.28. The number of H-pyrrole nitrogens is 1. The number of aryl methyl sites for hydroxylation is 2. The molecule has 2 aromatic rings. The van der Waals surface area contributed by atoms with Crippen LogP contribution in [0.15, 0.2) is 12.1 Å². The van der Waals surface area contributed by atoms with Crippen molar-refractivity contribution >= 4 is 22.7 Å². The minimum Gasteiger partial charge on any atom is -0.465 e. The van der Waals surface area contributed by atoms with Crippen LogP contribution in [0, 0.1) is 6.92 Å². The molecule has 0 saturated heterocycles. The van der Waals surface area contributed by atoms with Crippen LogP contribution in [0.3, 0.4) is 0 Å². The number of carbonyl (C=O) groups excluding carboxylic acids is 2. The Balaban J connectivity index is 2.36. The van der Waals surface area contributed by atoms with Gasteiger partial charge >= 0.3 is 5.97 Å². The molecule has 0 spiro atoms. The van der Waals surface area contributed by atoms with Gasteiger partial charge in [-0.05, 0) is 43.4 Å². The summed E-state index contributed by atoms with van der Waals surface area (Å²) in [5, 5.41) is 0.863. The maximum Gasteiger partial charge on any atom is 0.338 e. The first kappa shape index (κ1) is 12.9. The van der Waals surface area contributed by atoms with Crippen LogP contribution in [0.2, 0.25) is 0 Å². The van der Waals surface area contributed by atoms with Gasteiger partial charge in [-0.15, -0.1) is 0 Å². The average molecular weight is 271 g/mol. The lowest BCUT2D eigenvalue weighted by atomic mass is 9.99. The number of carbonyl (C=O) groups is 2. The fraction of sp³-hybridized carbons (Fsp3) is 0.375. The molecule has 20 heavy (non-hydrogen) atoms. The second-order valence-electron chi connectivity index (χ2n) is 5.28. The molecule has 0 bridgehead atoms. The predicted octanol–water partition coefficient (Wildman–Crippen LogP) is 3.17. The fourth-order valence-electron chi connectivity index (χ4n) is 2.99. The Morgan fingerprint density at radius 2 is 2.00 bits per heavy atom. The molecule has 0 unspecified atom stereocenters. The number of ether oxygens (including phenoxy) is 1. The van der Waals surface area contributed by atoms with Gasteiger partial charge in [0.05, 0.1) is 23.9 Å².